The van der Waals surface area contributed by atoms with Crippen molar-refractivity contribution in [3.8, 4) is 0 Å². The molecule has 3 atom stereocenters. The van der Waals surface area contributed by atoms with E-state index in [1.165, 1.54) is 18.6 Å². The number of nitrogens with one attached hydrogen (secondary N) is 2. The summed E-state index contributed by atoms with van der Waals surface area (Å²) in [4.78, 5) is 24.6. The fourth-order valence-corrected chi connectivity index (χ4v) is 4.65. The minimum Gasteiger partial charge on any atom is -0.454 e. The Morgan fingerprint density at radius 3 is 2.39 bits per heavy atom. The Balaban J connectivity index is 1.93. The molecule has 7 nitrogen and oxygen atoms in total. The summed E-state index contributed by atoms with van der Waals surface area (Å²) in [6.07, 6.45) is 4.24. The van der Waals surface area contributed by atoms with Crippen molar-refractivity contribution in [2.75, 3.05) is 6.61 Å². The van der Waals surface area contributed by atoms with Crippen LogP contribution in [0.15, 0.2) is 35.2 Å². The molecule has 1 fully saturated rings. The summed E-state index contributed by atoms with van der Waals surface area (Å²) < 4.78 is 32.5. The summed E-state index contributed by atoms with van der Waals surface area (Å²) in [6, 6.07) is 6.83. The molecule has 0 bridgehead atoms. The molecule has 1 aromatic carbocycles. The second-order valence-corrected chi connectivity index (χ2v) is 9.41. The summed E-state index contributed by atoms with van der Waals surface area (Å²) in [5.74, 6) is -1.07. The first kappa shape index (κ1) is 22.4. The minimum absolute atomic E-state index is 0.0671. The molecule has 8 heteroatoms. The molecule has 1 aliphatic carbocycles. The highest BCUT2D eigenvalue weighted by molar-refractivity contribution is 7.89. The number of carbonyl (C=O) groups excluding carboxylic acids is 2. The Kier molecular flexibility index (Phi) is 8.00. The molecule has 0 saturated heterocycles. The number of carbonyl (C=O) groups is 2. The molecule has 1 amide bonds. The minimum atomic E-state index is -3.87. The first-order valence-electron chi connectivity index (χ1n) is 9.74. The number of rotatable bonds is 8. The predicted octanol–water partition coefficient (Wildman–Crippen LogP) is 2.23. The van der Waals surface area contributed by atoms with Crippen molar-refractivity contribution in [3.05, 3.63) is 30.3 Å². The maximum absolute atomic E-state index is 12.5. The van der Waals surface area contributed by atoms with Gasteiger partial charge in [-0.15, -0.1) is 0 Å². The highest BCUT2D eigenvalue weighted by Gasteiger charge is 2.30. The number of hydrogen-bond donors (Lipinski definition) is 2. The first-order valence-corrected chi connectivity index (χ1v) is 11.2. The standard InChI is InChI=1S/C20H30N2O5S/c1-14(2)19(22-28(25,26)16-10-5-4-6-11-16)20(24)27-13-18(23)21-17-12-8-7-9-15(17)3/h4-6,10-11,14-15,17,19,22H,7-9,12-13H2,1-3H3,(H,21,23). The van der Waals surface area contributed by atoms with Crippen molar-refractivity contribution >= 4 is 21.9 Å². The molecular weight excluding hydrogens is 380 g/mol. The van der Waals surface area contributed by atoms with Gasteiger partial charge >= 0.3 is 5.97 Å². The summed E-state index contributed by atoms with van der Waals surface area (Å²) >= 11 is 0. The highest BCUT2D eigenvalue weighted by atomic mass is 32.2. The molecule has 3 unspecified atom stereocenters. The van der Waals surface area contributed by atoms with E-state index >= 15 is 0 Å². The molecule has 0 heterocycles. The smallest absolute Gasteiger partial charge is 0.324 e. The largest absolute Gasteiger partial charge is 0.454 e. The molecule has 1 saturated carbocycles. The van der Waals surface area contributed by atoms with Gasteiger partial charge in [0.05, 0.1) is 4.90 Å². The number of amides is 1. The topological polar surface area (TPSA) is 102 Å². The van der Waals surface area contributed by atoms with E-state index in [9.17, 15) is 18.0 Å². The van der Waals surface area contributed by atoms with Crippen LogP contribution in [0.2, 0.25) is 0 Å². The zero-order valence-electron chi connectivity index (χ0n) is 16.7. The highest BCUT2D eigenvalue weighted by Crippen LogP contribution is 2.23. The molecule has 1 aromatic rings. The van der Waals surface area contributed by atoms with Crippen molar-refractivity contribution < 1.29 is 22.7 Å². The van der Waals surface area contributed by atoms with Crippen LogP contribution in [-0.2, 0) is 24.3 Å². The lowest BCUT2D eigenvalue weighted by Gasteiger charge is -2.29. The summed E-state index contributed by atoms with van der Waals surface area (Å²) in [6.45, 7) is 5.11. The average molecular weight is 411 g/mol. The third-order valence-corrected chi connectivity index (χ3v) is 6.52. The monoisotopic (exact) mass is 410 g/mol. The fraction of sp³-hybridized carbons (Fsp3) is 0.600. The maximum Gasteiger partial charge on any atom is 0.324 e. The number of sulfonamides is 1. The predicted molar refractivity (Wildman–Crippen MR) is 106 cm³/mol. The average Bonchev–Trinajstić information content (AvgIpc) is 2.66. The lowest BCUT2D eigenvalue weighted by atomic mass is 9.86. The summed E-state index contributed by atoms with van der Waals surface area (Å²) in [5.41, 5.74) is 0. The summed E-state index contributed by atoms with van der Waals surface area (Å²) in [7, 11) is -3.87. The van der Waals surface area contributed by atoms with Gasteiger partial charge in [0.25, 0.3) is 5.91 Å². The van der Waals surface area contributed by atoms with Crippen LogP contribution >= 0.6 is 0 Å². The van der Waals surface area contributed by atoms with Crippen molar-refractivity contribution in [1.82, 2.24) is 10.0 Å². The molecule has 0 aromatic heterocycles. The van der Waals surface area contributed by atoms with Gasteiger partial charge in [0, 0.05) is 6.04 Å². The Morgan fingerprint density at radius 2 is 1.79 bits per heavy atom. The van der Waals surface area contributed by atoms with Crippen molar-refractivity contribution in [1.29, 1.82) is 0 Å². The van der Waals surface area contributed by atoms with Gasteiger partial charge < -0.3 is 10.1 Å². The zero-order chi connectivity index (χ0) is 20.7. The van der Waals surface area contributed by atoms with Crippen LogP contribution in [0.3, 0.4) is 0 Å². The third-order valence-electron chi connectivity index (χ3n) is 5.06. The maximum atomic E-state index is 12.5. The Bertz CT molecular complexity index is 764. The molecule has 156 valence electrons. The van der Waals surface area contributed by atoms with Crippen LogP contribution in [0.25, 0.3) is 0 Å². The van der Waals surface area contributed by atoms with E-state index in [0.717, 1.165) is 19.3 Å². The molecule has 28 heavy (non-hydrogen) atoms. The second-order valence-electron chi connectivity index (χ2n) is 7.70. The van der Waals surface area contributed by atoms with Gasteiger partial charge in [0.1, 0.15) is 6.04 Å². The Hall–Kier alpha value is -1.93. The normalized spacial score (nSPS) is 21.1. The lowest BCUT2D eigenvalue weighted by Crippen LogP contribution is -2.47. The van der Waals surface area contributed by atoms with Gasteiger partial charge in [0.15, 0.2) is 6.61 Å². The first-order chi connectivity index (χ1) is 13.2. The van der Waals surface area contributed by atoms with Gasteiger partial charge in [0.2, 0.25) is 10.0 Å². The van der Waals surface area contributed by atoms with E-state index in [-0.39, 0.29) is 22.8 Å². The quantitative estimate of drug-likeness (QED) is 0.640. The van der Waals surface area contributed by atoms with Crippen molar-refractivity contribution in [2.45, 2.75) is 63.4 Å². The molecular formula is C20H30N2O5S. The van der Waals surface area contributed by atoms with Crippen molar-refractivity contribution in [3.63, 3.8) is 0 Å². The number of ether oxygens (including phenoxy) is 1. The molecule has 2 N–H and O–H groups in total. The van der Waals surface area contributed by atoms with E-state index < -0.39 is 28.6 Å². The van der Waals surface area contributed by atoms with Crippen LogP contribution in [0.4, 0.5) is 0 Å². The van der Waals surface area contributed by atoms with E-state index in [2.05, 4.69) is 17.0 Å². The Labute approximate surface area is 167 Å². The van der Waals surface area contributed by atoms with Gasteiger partial charge in [-0.05, 0) is 36.8 Å². The van der Waals surface area contributed by atoms with Crippen LogP contribution in [-0.4, -0.2) is 39.0 Å². The van der Waals surface area contributed by atoms with E-state index in [4.69, 9.17) is 4.74 Å². The van der Waals surface area contributed by atoms with E-state index in [1.807, 2.05) is 0 Å². The number of hydrogen-bond acceptors (Lipinski definition) is 5. The number of esters is 1. The van der Waals surface area contributed by atoms with E-state index in [0.29, 0.717) is 5.92 Å². The van der Waals surface area contributed by atoms with Crippen molar-refractivity contribution in [2.24, 2.45) is 11.8 Å². The zero-order valence-corrected chi connectivity index (χ0v) is 17.5. The number of benzene rings is 1. The van der Waals surface area contributed by atoms with Crippen LogP contribution in [0.5, 0.6) is 0 Å². The molecule has 2 rings (SSSR count). The molecule has 1 aliphatic rings. The Morgan fingerprint density at radius 1 is 1.14 bits per heavy atom. The van der Waals surface area contributed by atoms with Gasteiger partial charge in [-0.2, -0.15) is 4.72 Å². The van der Waals surface area contributed by atoms with Crippen LogP contribution < -0.4 is 10.0 Å². The second kappa shape index (κ2) is 10.0. The lowest BCUT2D eigenvalue weighted by molar-refractivity contribution is -0.151. The van der Waals surface area contributed by atoms with Gasteiger partial charge in [-0.1, -0.05) is 51.8 Å². The van der Waals surface area contributed by atoms with Gasteiger partial charge in [-0.3, -0.25) is 9.59 Å². The molecule has 0 aliphatic heterocycles. The van der Waals surface area contributed by atoms with Gasteiger partial charge in [-0.25, -0.2) is 8.42 Å². The third kappa shape index (κ3) is 6.31. The fourth-order valence-electron chi connectivity index (χ4n) is 3.30. The SMILES string of the molecule is CC(C)C(NS(=O)(=O)c1ccccc1)C(=O)OCC(=O)NC1CCCCC1C. The van der Waals surface area contributed by atoms with Crippen LogP contribution in [0.1, 0.15) is 46.5 Å². The van der Waals surface area contributed by atoms with E-state index in [1.54, 1.807) is 32.0 Å². The van der Waals surface area contributed by atoms with Crippen LogP contribution in [0, 0.1) is 11.8 Å². The molecule has 0 spiro atoms. The molecule has 0 radical (unpaired) electrons. The summed E-state index contributed by atoms with van der Waals surface area (Å²) in [5, 5.41) is 2.91.